The van der Waals surface area contributed by atoms with Crippen LogP contribution in [0.15, 0.2) is 59.8 Å². The molecule has 2 aliphatic carbocycles. The van der Waals surface area contributed by atoms with E-state index >= 15 is 0 Å². The zero-order valence-electron chi connectivity index (χ0n) is 17.7. The maximum atomic E-state index is 13.5. The van der Waals surface area contributed by atoms with Crippen molar-refractivity contribution in [2.45, 2.75) is 38.0 Å². The Hall–Kier alpha value is -3.21. The molecule has 0 heterocycles. The fourth-order valence-electron chi connectivity index (χ4n) is 4.34. The van der Waals surface area contributed by atoms with Crippen LogP contribution in [0.3, 0.4) is 0 Å². The molecule has 0 aliphatic heterocycles. The van der Waals surface area contributed by atoms with E-state index in [-0.39, 0.29) is 17.4 Å². The number of anilines is 1. The molecular weight excluding hydrogens is 376 g/mol. The Balaban J connectivity index is 1.65. The Morgan fingerprint density at radius 2 is 1.80 bits per heavy atom. The highest BCUT2D eigenvalue weighted by Gasteiger charge is 2.53. The first-order chi connectivity index (χ1) is 14.4. The van der Waals surface area contributed by atoms with Crippen molar-refractivity contribution in [3.05, 3.63) is 70.9 Å². The minimum atomic E-state index is -0.611. The number of phenolic OH excluding ortho intramolecular Hbond substituents is 2. The van der Waals surface area contributed by atoms with Gasteiger partial charge in [-0.05, 0) is 68.0 Å². The summed E-state index contributed by atoms with van der Waals surface area (Å²) in [6, 6.07) is 12.9. The molecule has 1 fully saturated rings. The Morgan fingerprint density at radius 3 is 2.47 bits per heavy atom. The van der Waals surface area contributed by atoms with Gasteiger partial charge in [-0.25, -0.2) is 0 Å². The lowest BCUT2D eigenvalue weighted by molar-refractivity contribution is -0.131. The van der Waals surface area contributed by atoms with E-state index in [0.29, 0.717) is 0 Å². The Kier molecular flexibility index (Phi) is 5.06. The summed E-state index contributed by atoms with van der Waals surface area (Å²) in [7, 11) is 3.76. The van der Waals surface area contributed by atoms with E-state index in [1.54, 1.807) is 11.0 Å². The number of amides is 1. The van der Waals surface area contributed by atoms with Crippen LogP contribution in [0.2, 0.25) is 0 Å². The Bertz CT molecular complexity index is 1060. The summed E-state index contributed by atoms with van der Waals surface area (Å²) in [5.41, 5.74) is 5.83. The van der Waals surface area contributed by atoms with Crippen LogP contribution in [0.25, 0.3) is 5.57 Å². The van der Waals surface area contributed by atoms with Crippen molar-refractivity contribution < 1.29 is 15.0 Å². The largest absolute Gasteiger partial charge is 0.504 e. The minimum absolute atomic E-state index is 0.0413. The maximum Gasteiger partial charge on any atom is 0.237 e. The van der Waals surface area contributed by atoms with Crippen LogP contribution >= 0.6 is 0 Å². The van der Waals surface area contributed by atoms with Crippen molar-refractivity contribution in [1.82, 2.24) is 4.90 Å². The van der Waals surface area contributed by atoms with E-state index in [4.69, 9.17) is 0 Å². The first-order valence-corrected chi connectivity index (χ1v) is 10.4. The summed E-state index contributed by atoms with van der Waals surface area (Å²) in [4.78, 5) is 15.3. The number of rotatable bonds is 5. The smallest absolute Gasteiger partial charge is 0.237 e. The molecule has 1 amide bonds. The van der Waals surface area contributed by atoms with Gasteiger partial charge in [-0.3, -0.25) is 4.79 Å². The predicted octanol–water partition coefficient (Wildman–Crippen LogP) is 4.78. The maximum absolute atomic E-state index is 13.5. The van der Waals surface area contributed by atoms with E-state index in [1.165, 1.54) is 17.7 Å². The zero-order valence-corrected chi connectivity index (χ0v) is 17.7. The van der Waals surface area contributed by atoms with Gasteiger partial charge in [0, 0.05) is 31.0 Å². The molecule has 1 saturated carbocycles. The number of benzene rings is 2. The van der Waals surface area contributed by atoms with Crippen molar-refractivity contribution in [2.75, 3.05) is 19.4 Å². The second-order valence-electron chi connectivity index (χ2n) is 8.28. The zero-order chi connectivity index (χ0) is 21.5. The number of para-hydroxylation sites is 1. The SMILES string of the molecule is CNc1ccccc1C1=C(C)CCC(N(C)C(=O)C2(c3ccc(O)c(O)c3)CC2)=C1. The number of likely N-dealkylation sites (N-methyl/N-ethyl adjacent to an activating group) is 1. The molecule has 0 bridgehead atoms. The van der Waals surface area contributed by atoms with Crippen molar-refractivity contribution in [2.24, 2.45) is 0 Å². The van der Waals surface area contributed by atoms with Gasteiger partial charge < -0.3 is 20.4 Å². The van der Waals surface area contributed by atoms with Gasteiger partial charge in [0.1, 0.15) is 0 Å². The number of hydrogen-bond donors (Lipinski definition) is 3. The number of carbonyl (C=O) groups excluding carboxylic acids is 1. The summed E-state index contributed by atoms with van der Waals surface area (Å²) in [5.74, 6) is -0.311. The number of nitrogens with one attached hydrogen (secondary N) is 1. The molecular formula is C25H28N2O3. The van der Waals surface area contributed by atoms with Crippen LogP contribution in [0.4, 0.5) is 5.69 Å². The van der Waals surface area contributed by atoms with Crippen molar-refractivity contribution in [3.8, 4) is 11.5 Å². The third kappa shape index (κ3) is 3.34. The summed E-state index contributed by atoms with van der Waals surface area (Å²) < 4.78 is 0. The highest BCUT2D eigenvalue weighted by atomic mass is 16.3. The normalized spacial score (nSPS) is 17.4. The minimum Gasteiger partial charge on any atom is -0.504 e. The lowest BCUT2D eigenvalue weighted by atomic mass is 9.89. The lowest BCUT2D eigenvalue weighted by Crippen LogP contribution is -2.36. The molecule has 0 saturated heterocycles. The molecule has 5 heteroatoms. The summed E-state index contributed by atoms with van der Waals surface area (Å²) >= 11 is 0. The molecule has 3 N–H and O–H groups in total. The second-order valence-corrected chi connectivity index (χ2v) is 8.28. The molecule has 156 valence electrons. The molecule has 0 atom stereocenters. The number of nitrogens with zero attached hydrogens (tertiary/aromatic N) is 1. The highest BCUT2D eigenvalue weighted by Crippen LogP contribution is 2.51. The number of phenols is 2. The van der Waals surface area contributed by atoms with Gasteiger partial charge in [-0.1, -0.05) is 29.8 Å². The fourth-order valence-corrected chi connectivity index (χ4v) is 4.34. The summed E-state index contributed by atoms with van der Waals surface area (Å²) in [5, 5.41) is 22.8. The van der Waals surface area contributed by atoms with Crippen molar-refractivity contribution in [1.29, 1.82) is 0 Å². The van der Waals surface area contributed by atoms with Crippen molar-refractivity contribution in [3.63, 3.8) is 0 Å². The number of carbonyl (C=O) groups is 1. The second kappa shape index (κ2) is 7.56. The van der Waals surface area contributed by atoms with E-state index in [0.717, 1.165) is 53.8 Å². The molecule has 5 nitrogen and oxygen atoms in total. The predicted molar refractivity (Wildman–Crippen MR) is 119 cm³/mol. The van der Waals surface area contributed by atoms with Crippen LogP contribution in [-0.4, -0.2) is 35.1 Å². The monoisotopic (exact) mass is 404 g/mol. The first kappa shape index (κ1) is 20.1. The van der Waals surface area contributed by atoms with Crippen LogP contribution in [0.5, 0.6) is 11.5 Å². The first-order valence-electron chi connectivity index (χ1n) is 10.4. The van der Waals surface area contributed by atoms with Crippen LogP contribution in [-0.2, 0) is 10.2 Å². The molecule has 2 aliphatic rings. The molecule has 0 aromatic heterocycles. The van der Waals surface area contributed by atoms with E-state index in [9.17, 15) is 15.0 Å². The molecule has 30 heavy (non-hydrogen) atoms. The van der Waals surface area contributed by atoms with Crippen molar-refractivity contribution >= 4 is 17.2 Å². The van der Waals surface area contributed by atoms with E-state index in [2.05, 4.69) is 30.4 Å². The Morgan fingerprint density at radius 1 is 1.07 bits per heavy atom. The number of aromatic hydroxyl groups is 2. The van der Waals surface area contributed by atoms with Crippen LogP contribution in [0.1, 0.15) is 43.7 Å². The molecule has 4 rings (SSSR count). The quantitative estimate of drug-likeness (QED) is 0.627. The third-order valence-electron chi connectivity index (χ3n) is 6.44. The standard InChI is InChI=1S/C25H28N2O3/c1-16-8-10-18(15-20(16)19-6-4-5-7-21(19)26-2)27(3)24(30)25(12-13-25)17-9-11-22(28)23(29)14-17/h4-7,9,11,14-15,26,28-29H,8,10,12-13H2,1-3H3. The number of allylic oxidation sites excluding steroid dienone is 4. The van der Waals surface area contributed by atoms with E-state index < -0.39 is 5.41 Å². The molecule has 0 spiro atoms. The van der Waals surface area contributed by atoms with Gasteiger partial charge in [-0.15, -0.1) is 0 Å². The fraction of sp³-hybridized carbons (Fsp3) is 0.320. The molecule has 0 radical (unpaired) electrons. The average molecular weight is 405 g/mol. The number of hydrogen-bond acceptors (Lipinski definition) is 4. The lowest BCUT2D eigenvalue weighted by Gasteiger charge is -2.29. The average Bonchev–Trinajstić information content (AvgIpc) is 3.57. The van der Waals surface area contributed by atoms with Gasteiger partial charge >= 0.3 is 0 Å². The molecule has 2 aromatic carbocycles. The molecule has 2 aromatic rings. The van der Waals surface area contributed by atoms with E-state index in [1.807, 2.05) is 26.2 Å². The summed E-state index contributed by atoms with van der Waals surface area (Å²) in [6.07, 6.45) is 5.35. The van der Waals surface area contributed by atoms with Crippen LogP contribution < -0.4 is 5.32 Å². The van der Waals surface area contributed by atoms with Crippen LogP contribution in [0, 0.1) is 0 Å². The van der Waals surface area contributed by atoms with Gasteiger partial charge in [0.05, 0.1) is 5.41 Å². The molecule has 0 unspecified atom stereocenters. The Labute approximate surface area is 177 Å². The van der Waals surface area contributed by atoms with Gasteiger partial charge in [0.25, 0.3) is 0 Å². The third-order valence-corrected chi connectivity index (χ3v) is 6.44. The topological polar surface area (TPSA) is 72.8 Å². The van der Waals surface area contributed by atoms with Gasteiger partial charge in [-0.2, -0.15) is 0 Å². The highest BCUT2D eigenvalue weighted by molar-refractivity contribution is 5.93. The van der Waals surface area contributed by atoms with Gasteiger partial charge in [0.2, 0.25) is 5.91 Å². The van der Waals surface area contributed by atoms with Gasteiger partial charge in [0.15, 0.2) is 11.5 Å². The summed E-state index contributed by atoms with van der Waals surface area (Å²) in [6.45, 7) is 2.15.